The van der Waals surface area contributed by atoms with Crippen molar-refractivity contribution in [2.24, 2.45) is 0 Å². The van der Waals surface area contributed by atoms with Gasteiger partial charge in [0.1, 0.15) is 10.0 Å². The second-order valence-electron chi connectivity index (χ2n) is 4.89. The maximum absolute atomic E-state index is 6.14. The van der Waals surface area contributed by atoms with Crippen LogP contribution in [0.1, 0.15) is 23.4 Å². The number of hydrogen-bond acceptors (Lipinski definition) is 4. The summed E-state index contributed by atoms with van der Waals surface area (Å²) in [6, 6.07) is 6.67. The normalized spacial score (nSPS) is 14.8. The van der Waals surface area contributed by atoms with E-state index in [1.165, 1.54) is 12.8 Å². The third kappa shape index (κ3) is 3.14. The smallest absolute Gasteiger partial charge is 0.148 e. The number of halogens is 1. The Morgan fingerprint density at radius 2 is 2.21 bits per heavy atom. The molecule has 1 aromatic carbocycles. The molecular formula is C14H16ClN3S. The van der Waals surface area contributed by atoms with Crippen molar-refractivity contribution in [3.05, 3.63) is 33.8 Å². The summed E-state index contributed by atoms with van der Waals surface area (Å²) >= 11 is 7.80. The molecule has 0 bridgehead atoms. The molecule has 0 saturated heterocycles. The number of hydrogen-bond donors (Lipinski definition) is 1. The molecule has 1 aliphatic carbocycles. The molecule has 1 fully saturated rings. The van der Waals surface area contributed by atoms with E-state index in [-0.39, 0.29) is 0 Å². The highest BCUT2D eigenvalue weighted by Gasteiger charge is 2.20. The van der Waals surface area contributed by atoms with Gasteiger partial charge in [-0.3, -0.25) is 0 Å². The summed E-state index contributed by atoms with van der Waals surface area (Å²) in [5.41, 5.74) is 2.16. The molecule has 2 aromatic rings. The van der Waals surface area contributed by atoms with E-state index >= 15 is 0 Å². The molecule has 100 valence electrons. The van der Waals surface area contributed by atoms with E-state index in [1.54, 1.807) is 11.3 Å². The summed E-state index contributed by atoms with van der Waals surface area (Å²) in [4.78, 5) is 0. The lowest BCUT2D eigenvalue weighted by Crippen LogP contribution is -2.19. The van der Waals surface area contributed by atoms with E-state index in [1.807, 2.05) is 25.1 Å². The first-order chi connectivity index (χ1) is 9.24. The molecular weight excluding hydrogens is 278 g/mol. The largest absolute Gasteiger partial charge is 0.314 e. The Morgan fingerprint density at radius 3 is 3.00 bits per heavy atom. The molecule has 1 heterocycles. The molecule has 1 saturated carbocycles. The van der Waals surface area contributed by atoms with Crippen LogP contribution in [0.25, 0.3) is 10.6 Å². The zero-order valence-electron chi connectivity index (χ0n) is 10.8. The molecule has 5 heteroatoms. The predicted octanol–water partition coefficient (Wildman–Crippen LogP) is 3.46. The first-order valence-corrected chi connectivity index (χ1v) is 7.75. The van der Waals surface area contributed by atoms with Crippen LogP contribution >= 0.6 is 22.9 Å². The molecule has 0 atom stereocenters. The second kappa shape index (κ2) is 5.57. The molecule has 0 unspecified atom stereocenters. The molecule has 19 heavy (non-hydrogen) atoms. The van der Waals surface area contributed by atoms with Gasteiger partial charge < -0.3 is 5.32 Å². The van der Waals surface area contributed by atoms with E-state index in [9.17, 15) is 0 Å². The van der Waals surface area contributed by atoms with Crippen molar-refractivity contribution in [3.63, 3.8) is 0 Å². The minimum atomic E-state index is 0.752. The molecule has 1 aliphatic rings. The molecule has 0 aliphatic heterocycles. The minimum absolute atomic E-state index is 0.752. The van der Waals surface area contributed by atoms with Crippen LogP contribution < -0.4 is 5.32 Å². The van der Waals surface area contributed by atoms with Crippen molar-refractivity contribution in [1.82, 2.24) is 15.5 Å². The van der Waals surface area contributed by atoms with Crippen molar-refractivity contribution >= 4 is 22.9 Å². The molecule has 1 aromatic heterocycles. The highest BCUT2D eigenvalue weighted by Crippen LogP contribution is 2.30. The van der Waals surface area contributed by atoms with E-state index in [0.29, 0.717) is 0 Å². The van der Waals surface area contributed by atoms with Gasteiger partial charge in [0.15, 0.2) is 0 Å². The van der Waals surface area contributed by atoms with Gasteiger partial charge in [0.2, 0.25) is 0 Å². The highest BCUT2D eigenvalue weighted by molar-refractivity contribution is 7.14. The quantitative estimate of drug-likeness (QED) is 0.917. The Labute approximate surface area is 122 Å². The van der Waals surface area contributed by atoms with Crippen molar-refractivity contribution in [2.45, 2.75) is 32.2 Å². The van der Waals surface area contributed by atoms with Crippen molar-refractivity contribution < 1.29 is 0 Å². The summed E-state index contributed by atoms with van der Waals surface area (Å²) in [6.45, 7) is 3.02. The monoisotopic (exact) mass is 293 g/mol. The topological polar surface area (TPSA) is 37.8 Å². The van der Waals surface area contributed by atoms with E-state index < -0.39 is 0 Å². The Kier molecular flexibility index (Phi) is 3.82. The van der Waals surface area contributed by atoms with Gasteiger partial charge in [-0.05, 0) is 31.4 Å². The summed E-state index contributed by atoms with van der Waals surface area (Å²) in [5, 5.41) is 14.9. The molecule has 1 N–H and O–H groups in total. The lowest BCUT2D eigenvalue weighted by molar-refractivity contribution is 0.677. The van der Waals surface area contributed by atoms with Crippen molar-refractivity contribution in [3.8, 4) is 10.6 Å². The van der Waals surface area contributed by atoms with E-state index in [0.717, 1.165) is 45.2 Å². The lowest BCUT2D eigenvalue weighted by Gasteiger charge is -2.02. The second-order valence-corrected chi connectivity index (χ2v) is 6.36. The van der Waals surface area contributed by atoms with Crippen molar-refractivity contribution in [1.29, 1.82) is 0 Å². The maximum atomic E-state index is 6.14. The maximum Gasteiger partial charge on any atom is 0.148 e. The fraction of sp³-hybridized carbons (Fsp3) is 0.429. The van der Waals surface area contributed by atoms with Crippen LogP contribution in [0, 0.1) is 6.92 Å². The molecule has 3 rings (SSSR count). The van der Waals surface area contributed by atoms with Gasteiger partial charge in [0.05, 0.1) is 0 Å². The number of nitrogens with one attached hydrogen (secondary N) is 1. The third-order valence-corrected chi connectivity index (χ3v) is 4.74. The van der Waals surface area contributed by atoms with Gasteiger partial charge in [0, 0.05) is 29.6 Å². The van der Waals surface area contributed by atoms with E-state index in [2.05, 4.69) is 15.5 Å². The Morgan fingerprint density at radius 1 is 1.37 bits per heavy atom. The molecule has 0 radical (unpaired) electrons. The average Bonchev–Trinajstić information content (AvgIpc) is 3.10. The Balaban J connectivity index is 1.70. The predicted molar refractivity (Wildman–Crippen MR) is 79.8 cm³/mol. The molecule has 0 amide bonds. The van der Waals surface area contributed by atoms with Gasteiger partial charge in [0.25, 0.3) is 0 Å². The molecule has 0 spiro atoms. The fourth-order valence-corrected chi connectivity index (χ4v) is 3.07. The SMILES string of the molecule is Cc1c(Cl)cccc1-c1nnc(CCNC2CC2)s1. The Bertz CT molecular complexity index is 578. The number of nitrogens with zero attached hydrogens (tertiary/aromatic N) is 2. The first-order valence-electron chi connectivity index (χ1n) is 6.55. The van der Waals surface area contributed by atoms with Crippen molar-refractivity contribution in [2.75, 3.05) is 6.54 Å². The van der Waals surface area contributed by atoms with Crippen LogP contribution in [0.5, 0.6) is 0 Å². The minimum Gasteiger partial charge on any atom is -0.314 e. The van der Waals surface area contributed by atoms with Gasteiger partial charge in [-0.1, -0.05) is 35.1 Å². The van der Waals surface area contributed by atoms with Crippen LogP contribution in [0.4, 0.5) is 0 Å². The zero-order valence-corrected chi connectivity index (χ0v) is 12.4. The van der Waals surface area contributed by atoms with Crippen LogP contribution in [-0.2, 0) is 6.42 Å². The third-order valence-electron chi connectivity index (χ3n) is 3.31. The first kappa shape index (κ1) is 13.0. The van der Waals surface area contributed by atoms with Crippen LogP contribution in [-0.4, -0.2) is 22.8 Å². The Hall–Kier alpha value is -0.970. The van der Waals surface area contributed by atoms with Crippen LogP contribution in [0.3, 0.4) is 0 Å². The number of rotatable bonds is 5. The lowest BCUT2D eigenvalue weighted by atomic mass is 10.1. The number of aromatic nitrogens is 2. The van der Waals surface area contributed by atoms with Gasteiger partial charge in [-0.25, -0.2) is 0 Å². The summed E-state index contributed by atoms with van der Waals surface area (Å²) in [7, 11) is 0. The van der Waals surface area contributed by atoms with Crippen LogP contribution in [0.15, 0.2) is 18.2 Å². The van der Waals surface area contributed by atoms with Gasteiger partial charge in [-0.15, -0.1) is 10.2 Å². The molecule has 3 nitrogen and oxygen atoms in total. The van der Waals surface area contributed by atoms with E-state index in [4.69, 9.17) is 11.6 Å². The summed E-state index contributed by atoms with van der Waals surface area (Å²) in [6.07, 6.45) is 3.60. The van der Waals surface area contributed by atoms with Gasteiger partial charge in [-0.2, -0.15) is 0 Å². The fourth-order valence-electron chi connectivity index (χ4n) is 1.97. The number of benzene rings is 1. The van der Waals surface area contributed by atoms with Crippen LogP contribution in [0.2, 0.25) is 5.02 Å². The summed E-state index contributed by atoms with van der Waals surface area (Å²) < 4.78 is 0. The van der Waals surface area contributed by atoms with Gasteiger partial charge >= 0.3 is 0 Å². The average molecular weight is 294 g/mol. The zero-order chi connectivity index (χ0) is 13.2. The summed E-state index contributed by atoms with van der Waals surface area (Å²) in [5.74, 6) is 0. The standard InChI is InChI=1S/C14H16ClN3S/c1-9-11(3-2-4-12(9)15)14-18-17-13(19-14)7-8-16-10-5-6-10/h2-4,10,16H,5-8H2,1H3. The highest BCUT2D eigenvalue weighted by atomic mass is 35.5.